The van der Waals surface area contributed by atoms with Gasteiger partial charge in [-0.15, -0.1) is 0 Å². The molecule has 102 valence electrons. The number of rotatable bonds is 3. The van der Waals surface area contributed by atoms with E-state index in [-0.39, 0.29) is 17.7 Å². The number of benzene rings is 1. The Balaban J connectivity index is 1.76. The van der Waals surface area contributed by atoms with Gasteiger partial charge in [-0.2, -0.15) is 0 Å². The second kappa shape index (κ2) is 4.83. The van der Waals surface area contributed by atoms with E-state index in [0.29, 0.717) is 0 Å². The second-order valence-corrected chi connectivity index (χ2v) is 5.26. The van der Waals surface area contributed by atoms with Crippen molar-refractivity contribution in [2.75, 3.05) is 6.61 Å². The van der Waals surface area contributed by atoms with Crippen LogP contribution in [0.15, 0.2) is 18.2 Å². The average molecular weight is 261 g/mol. The molecular weight excluding hydrogens is 242 g/mol. The highest BCUT2D eigenvalue weighted by atomic mass is 16.5. The highest BCUT2D eigenvalue weighted by Gasteiger charge is 2.45. The molecule has 1 amide bonds. The minimum absolute atomic E-state index is 0.00280. The molecule has 1 aliphatic heterocycles. The first-order valence-electron chi connectivity index (χ1n) is 6.73. The monoisotopic (exact) mass is 261 g/mol. The van der Waals surface area contributed by atoms with E-state index in [0.717, 1.165) is 31.6 Å². The zero-order valence-corrected chi connectivity index (χ0v) is 10.8. The van der Waals surface area contributed by atoms with Crippen LogP contribution in [0.5, 0.6) is 5.75 Å². The Morgan fingerprint density at radius 1 is 1.42 bits per heavy atom. The van der Waals surface area contributed by atoms with E-state index in [9.17, 15) is 4.79 Å². The molecule has 19 heavy (non-hydrogen) atoms. The molecule has 5 N–H and O–H groups in total. The van der Waals surface area contributed by atoms with Gasteiger partial charge in [0.2, 0.25) is 5.91 Å². The van der Waals surface area contributed by atoms with E-state index in [4.69, 9.17) is 16.2 Å². The summed E-state index contributed by atoms with van der Waals surface area (Å²) in [5.74, 6) is 1.22. The molecule has 0 radical (unpaired) electrons. The van der Waals surface area contributed by atoms with Crippen LogP contribution in [0.1, 0.15) is 29.9 Å². The Morgan fingerprint density at radius 3 is 3.05 bits per heavy atom. The lowest BCUT2D eigenvalue weighted by Crippen LogP contribution is -2.48. The molecule has 1 aromatic rings. The average Bonchev–Trinajstić information content (AvgIpc) is 3.17. The SMILES string of the molecule is NC(N)NC(=O)C1CC1c1cccc2c1CCCO2. The lowest BCUT2D eigenvalue weighted by atomic mass is 9.96. The predicted molar refractivity (Wildman–Crippen MR) is 71.4 cm³/mol. The van der Waals surface area contributed by atoms with Gasteiger partial charge in [-0.3, -0.25) is 16.3 Å². The first-order valence-corrected chi connectivity index (χ1v) is 6.73. The standard InChI is InChI=1S/C14H19N3O2/c15-14(16)17-13(18)11-7-10(11)8-3-1-5-12-9(8)4-2-6-19-12/h1,3,5,10-11,14H,2,4,6-7,15-16H2,(H,17,18). The molecule has 5 heteroatoms. The molecule has 1 aromatic carbocycles. The van der Waals surface area contributed by atoms with Crippen molar-refractivity contribution in [3.05, 3.63) is 29.3 Å². The van der Waals surface area contributed by atoms with Gasteiger partial charge in [0.25, 0.3) is 0 Å². The van der Waals surface area contributed by atoms with E-state index in [2.05, 4.69) is 11.4 Å². The van der Waals surface area contributed by atoms with Crippen LogP contribution < -0.4 is 21.5 Å². The van der Waals surface area contributed by atoms with Crippen molar-refractivity contribution in [2.24, 2.45) is 17.4 Å². The van der Waals surface area contributed by atoms with E-state index in [1.54, 1.807) is 0 Å². The van der Waals surface area contributed by atoms with Crippen LogP contribution in [0.4, 0.5) is 0 Å². The van der Waals surface area contributed by atoms with Crippen LogP contribution in [-0.4, -0.2) is 18.8 Å². The molecule has 2 unspecified atom stereocenters. The Bertz CT molecular complexity index is 501. The summed E-state index contributed by atoms with van der Waals surface area (Å²) < 4.78 is 5.66. The molecule has 1 saturated carbocycles. The third-order valence-corrected chi connectivity index (χ3v) is 3.83. The van der Waals surface area contributed by atoms with Gasteiger partial charge in [0.1, 0.15) is 12.0 Å². The van der Waals surface area contributed by atoms with E-state index in [1.165, 1.54) is 11.1 Å². The normalized spacial score (nSPS) is 24.6. The highest BCUT2D eigenvalue weighted by Crippen LogP contribution is 2.50. The summed E-state index contributed by atoms with van der Waals surface area (Å²) in [4.78, 5) is 11.9. The third kappa shape index (κ3) is 2.43. The van der Waals surface area contributed by atoms with Crippen LogP contribution in [-0.2, 0) is 11.2 Å². The number of amides is 1. The topological polar surface area (TPSA) is 90.4 Å². The molecule has 2 aliphatic rings. The van der Waals surface area contributed by atoms with Gasteiger partial charge < -0.3 is 10.1 Å². The van der Waals surface area contributed by atoms with Crippen LogP contribution in [0.25, 0.3) is 0 Å². The summed E-state index contributed by atoms with van der Waals surface area (Å²) in [6, 6.07) is 6.11. The Labute approximate surface area is 112 Å². The molecule has 1 fully saturated rings. The Kier molecular flexibility index (Phi) is 3.16. The van der Waals surface area contributed by atoms with Crippen LogP contribution in [0.2, 0.25) is 0 Å². The molecule has 0 spiro atoms. The molecule has 0 bridgehead atoms. The summed E-state index contributed by atoms with van der Waals surface area (Å²) in [6.07, 6.45) is 2.17. The van der Waals surface area contributed by atoms with Crippen molar-refractivity contribution in [1.29, 1.82) is 0 Å². The lowest BCUT2D eigenvalue weighted by molar-refractivity contribution is -0.123. The first kappa shape index (κ1) is 12.4. The minimum atomic E-state index is -0.776. The van der Waals surface area contributed by atoms with Gasteiger partial charge >= 0.3 is 0 Å². The fraction of sp³-hybridized carbons (Fsp3) is 0.500. The predicted octanol–water partition coefficient (Wildman–Crippen LogP) is 0.432. The lowest BCUT2D eigenvalue weighted by Gasteiger charge is -2.20. The summed E-state index contributed by atoms with van der Waals surface area (Å²) in [5, 5.41) is 2.57. The van der Waals surface area contributed by atoms with Gasteiger partial charge in [-0.05, 0) is 42.4 Å². The second-order valence-electron chi connectivity index (χ2n) is 5.26. The molecule has 1 aliphatic carbocycles. The zero-order chi connectivity index (χ0) is 13.4. The highest BCUT2D eigenvalue weighted by molar-refractivity contribution is 5.83. The Hall–Kier alpha value is -1.59. The van der Waals surface area contributed by atoms with Gasteiger partial charge in [-0.1, -0.05) is 12.1 Å². The van der Waals surface area contributed by atoms with Crippen molar-refractivity contribution in [3.8, 4) is 5.75 Å². The smallest absolute Gasteiger partial charge is 0.225 e. The van der Waals surface area contributed by atoms with Crippen molar-refractivity contribution in [1.82, 2.24) is 5.32 Å². The number of carbonyl (C=O) groups excluding carboxylic acids is 1. The molecule has 5 nitrogen and oxygen atoms in total. The van der Waals surface area contributed by atoms with E-state index < -0.39 is 6.29 Å². The molecule has 0 saturated heterocycles. The van der Waals surface area contributed by atoms with E-state index in [1.807, 2.05) is 12.1 Å². The summed E-state index contributed by atoms with van der Waals surface area (Å²) in [6.45, 7) is 0.785. The van der Waals surface area contributed by atoms with Gasteiger partial charge in [0.15, 0.2) is 0 Å². The maximum absolute atomic E-state index is 11.9. The summed E-state index contributed by atoms with van der Waals surface area (Å²) in [5.41, 5.74) is 13.3. The van der Waals surface area contributed by atoms with Gasteiger partial charge in [0.05, 0.1) is 6.61 Å². The fourth-order valence-corrected chi connectivity index (χ4v) is 2.86. The number of nitrogens with one attached hydrogen (secondary N) is 1. The van der Waals surface area contributed by atoms with Crippen LogP contribution in [0, 0.1) is 5.92 Å². The summed E-state index contributed by atoms with van der Waals surface area (Å²) >= 11 is 0. The number of carbonyl (C=O) groups is 1. The largest absolute Gasteiger partial charge is 0.493 e. The number of hydrogen-bond donors (Lipinski definition) is 3. The molecule has 1 heterocycles. The summed E-state index contributed by atoms with van der Waals surface area (Å²) in [7, 11) is 0. The van der Waals surface area contributed by atoms with Crippen molar-refractivity contribution < 1.29 is 9.53 Å². The maximum atomic E-state index is 11.9. The number of fused-ring (bicyclic) bond motifs is 1. The van der Waals surface area contributed by atoms with Gasteiger partial charge in [0, 0.05) is 5.92 Å². The van der Waals surface area contributed by atoms with Crippen LogP contribution in [0.3, 0.4) is 0 Å². The maximum Gasteiger partial charge on any atom is 0.225 e. The molecular formula is C14H19N3O2. The molecule has 0 aromatic heterocycles. The first-order chi connectivity index (χ1) is 9.16. The quantitative estimate of drug-likeness (QED) is 0.688. The number of ether oxygens (including phenoxy) is 1. The van der Waals surface area contributed by atoms with Gasteiger partial charge in [-0.25, -0.2) is 0 Å². The van der Waals surface area contributed by atoms with Crippen molar-refractivity contribution in [3.63, 3.8) is 0 Å². The third-order valence-electron chi connectivity index (χ3n) is 3.83. The molecule has 2 atom stereocenters. The van der Waals surface area contributed by atoms with Crippen LogP contribution >= 0.6 is 0 Å². The van der Waals surface area contributed by atoms with Crippen molar-refractivity contribution in [2.45, 2.75) is 31.5 Å². The number of nitrogens with two attached hydrogens (primary N) is 2. The minimum Gasteiger partial charge on any atom is -0.493 e. The fourth-order valence-electron chi connectivity index (χ4n) is 2.86. The van der Waals surface area contributed by atoms with Crippen molar-refractivity contribution >= 4 is 5.91 Å². The molecule has 3 rings (SSSR count). The Morgan fingerprint density at radius 2 is 2.26 bits per heavy atom. The number of hydrogen-bond acceptors (Lipinski definition) is 4. The zero-order valence-electron chi connectivity index (χ0n) is 10.8. The van der Waals surface area contributed by atoms with E-state index >= 15 is 0 Å².